The lowest BCUT2D eigenvalue weighted by molar-refractivity contribution is -0.137. The van der Waals surface area contributed by atoms with Crippen molar-refractivity contribution >= 4 is 5.97 Å². The molecule has 0 aliphatic heterocycles. The fourth-order valence-electron chi connectivity index (χ4n) is 1.93. The molecular formula is C17H30O2. The van der Waals surface area contributed by atoms with Crippen molar-refractivity contribution in [3.63, 3.8) is 0 Å². The maximum atomic E-state index is 11.3. The Morgan fingerprint density at radius 3 is 2.16 bits per heavy atom. The van der Waals surface area contributed by atoms with Crippen molar-refractivity contribution in [1.82, 2.24) is 0 Å². The molecule has 2 unspecified atom stereocenters. The molecule has 2 heteroatoms. The van der Waals surface area contributed by atoms with Crippen molar-refractivity contribution in [2.45, 2.75) is 54.9 Å². The number of rotatable bonds is 7. The van der Waals surface area contributed by atoms with Crippen molar-refractivity contribution in [2.75, 3.05) is 6.61 Å². The predicted molar refractivity (Wildman–Crippen MR) is 81.9 cm³/mol. The van der Waals surface area contributed by atoms with Crippen LogP contribution in [0.15, 0.2) is 23.3 Å². The Morgan fingerprint density at radius 2 is 1.68 bits per heavy atom. The third kappa shape index (κ3) is 7.86. The van der Waals surface area contributed by atoms with Gasteiger partial charge in [-0.1, -0.05) is 39.3 Å². The molecule has 0 aromatic heterocycles. The van der Waals surface area contributed by atoms with Crippen LogP contribution in [0.1, 0.15) is 54.9 Å². The zero-order valence-corrected chi connectivity index (χ0v) is 13.6. The Labute approximate surface area is 118 Å². The molecule has 19 heavy (non-hydrogen) atoms. The molecule has 0 amide bonds. The lowest BCUT2D eigenvalue weighted by atomic mass is 9.85. The van der Waals surface area contributed by atoms with Gasteiger partial charge in [-0.2, -0.15) is 0 Å². The first-order valence-corrected chi connectivity index (χ1v) is 7.31. The Bertz CT molecular complexity index is 337. The average molecular weight is 266 g/mol. The summed E-state index contributed by atoms with van der Waals surface area (Å²) in [5, 5.41) is 0. The smallest absolute Gasteiger partial charge is 0.330 e. The summed E-state index contributed by atoms with van der Waals surface area (Å²) < 4.78 is 4.91. The van der Waals surface area contributed by atoms with Gasteiger partial charge in [0.25, 0.3) is 0 Å². The minimum absolute atomic E-state index is 0.257. The molecule has 2 atom stereocenters. The van der Waals surface area contributed by atoms with Gasteiger partial charge in [-0.05, 0) is 50.5 Å². The van der Waals surface area contributed by atoms with Gasteiger partial charge in [0.05, 0.1) is 6.61 Å². The van der Waals surface area contributed by atoms with Crippen LogP contribution < -0.4 is 0 Å². The normalized spacial score (nSPS) is 16.4. The average Bonchev–Trinajstić information content (AvgIpc) is 2.28. The number of hydrogen-bond acceptors (Lipinski definition) is 2. The maximum absolute atomic E-state index is 11.3. The van der Waals surface area contributed by atoms with Crippen molar-refractivity contribution < 1.29 is 9.53 Å². The first kappa shape index (κ1) is 17.9. The van der Waals surface area contributed by atoms with Gasteiger partial charge in [0.1, 0.15) is 0 Å². The van der Waals surface area contributed by atoms with Crippen LogP contribution in [0.25, 0.3) is 0 Å². The first-order chi connectivity index (χ1) is 8.77. The number of allylic oxidation sites excluding steroid dienone is 3. The fourth-order valence-corrected chi connectivity index (χ4v) is 1.93. The van der Waals surface area contributed by atoms with E-state index in [1.807, 2.05) is 13.8 Å². The van der Waals surface area contributed by atoms with Gasteiger partial charge < -0.3 is 4.74 Å². The lowest BCUT2D eigenvalue weighted by Crippen LogP contribution is -2.10. The van der Waals surface area contributed by atoms with Crippen LogP contribution in [-0.2, 0) is 9.53 Å². The molecule has 110 valence electrons. The van der Waals surface area contributed by atoms with Gasteiger partial charge in [-0.25, -0.2) is 4.79 Å². The minimum Gasteiger partial charge on any atom is -0.463 e. The summed E-state index contributed by atoms with van der Waals surface area (Å²) in [4.78, 5) is 11.3. The molecule has 0 heterocycles. The molecule has 0 spiro atoms. The Balaban J connectivity index is 4.57. The highest BCUT2D eigenvalue weighted by molar-refractivity contribution is 5.83. The third-order valence-electron chi connectivity index (χ3n) is 3.73. The third-order valence-corrected chi connectivity index (χ3v) is 3.73. The van der Waals surface area contributed by atoms with Gasteiger partial charge in [0, 0.05) is 6.08 Å². The van der Waals surface area contributed by atoms with Crippen LogP contribution in [0.2, 0.25) is 0 Å². The highest BCUT2D eigenvalue weighted by atomic mass is 16.5. The number of esters is 1. The van der Waals surface area contributed by atoms with Crippen molar-refractivity contribution in [3.8, 4) is 0 Å². The number of carbonyl (C=O) groups is 1. The zero-order chi connectivity index (χ0) is 15.0. The van der Waals surface area contributed by atoms with E-state index in [9.17, 15) is 4.79 Å². The zero-order valence-electron chi connectivity index (χ0n) is 13.6. The van der Waals surface area contributed by atoms with E-state index in [-0.39, 0.29) is 5.97 Å². The molecule has 0 aliphatic carbocycles. The topological polar surface area (TPSA) is 26.3 Å². The molecule has 0 aromatic rings. The summed E-state index contributed by atoms with van der Waals surface area (Å²) in [6.45, 7) is 15.4. The van der Waals surface area contributed by atoms with E-state index >= 15 is 0 Å². The summed E-state index contributed by atoms with van der Waals surface area (Å²) in [6.07, 6.45) is 4.84. The van der Waals surface area contributed by atoms with Gasteiger partial charge >= 0.3 is 5.97 Å². The molecule has 0 aliphatic rings. The van der Waals surface area contributed by atoms with Crippen LogP contribution in [-0.4, -0.2) is 12.6 Å². The minimum atomic E-state index is -0.257. The van der Waals surface area contributed by atoms with E-state index in [2.05, 4.69) is 40.7 Å². The molecule has 0 saturated heterocycles. The molecule has 0 fully saturated rings. The van der Waals surface area contributed by atoms with Crippen LogP contribution >= 0.6 is 0 Å². The highest BCUT2D eigenvalue weighted by Gasteiger charge is 2.13. The van der Waals surface area contributed by atoms with Gasteiger partial charge in [0.15, 0.2) is 0 Å². The lowest BCUT2D eigenvalue weighted by Gasteiger charge is -2.21. The summed E-state index contributed by atoms with van der Waals surface area (Å²) in [5.74, 6) is 1.72. The second-order valence-corrected chi connectivity index (χ2v) is 5.89. The van der Waals surface area contributed by atoms with E-state index in [4.69, 9.17) is 4.74 Å². The molecule has 0 bridgehead atoms. The fraction of sp³-hybridized carbons (Fsp3) is 0.706. The van der Waals surface area contributed by atoms with Crippen LogP contribution in [0.5, 0.6) is 0 Å². The largest absolute Gasteiger partial charge is 0.463 e. The monoisotopic (exact) mass is 266 g/mol. The number of carbonyl (C=O) groups excluding carboxylic acids is 1. The Kier molecular flexibility index (Phi) is 8.46. The van der Waals surface area contributed by atoms with Gasteiger partial charge in [-0.15, -0.1) is 0 Å². The summed E-state index contributed by atoms with van der Waals surface area (Å²) in [7, 11) is 0. The van der Waals surface area contributed by atoms with Crippen molar-refractivity contribution in [1.29, 1.82) is 0 Å². The second kappa shape index (κ2) is 8.95. The molecule has 0 aromatic carbocycles. The van der Waals surface area contributed by atoms with Crippen LogP contribution in [0.4, 0.5) is 0 Å². The summed E-state index contributed by atoms with van der Waals surface area (Å²) in [5.41, 5.74) is 2.28. The highest BCUT2D eigenvalue weighted by Crippen LogP contribution is 2.24. The predicted octanol–water partition coefficient (Wildman–Crippen LogP) is 4.76. The second-order valence-electron chi connectivity index (χ2n) is 5.89. The van der Waals surface area contributed by atoms with E-state index in [0.717, 1.165) is 5.57 Å². The van der Waals surface area contributed by atoms with Crippen LogP contribution in [0, 0.1) is 17.8 Å². The van der Waals surface area contributed by atoms with Crippen molar-refractivity contribution in [2.24, 2.45) is 17.8 Å². The van der Waals surface area contributed by atoms with Crippen LogP contribution in [0.3, 0.4) is 0 Å². The Hall–Kier alpha value is -1.05. The maximum Gasteiger partial charge on any atom is 0.330 e. The van der Waals surface area contributed by atoms with E-state index < -0.39 is 0 Å². The standard InChI is InChI=1S/C17H30O2/c1-8-19-17(18)10-13(4)9-15(6)16(7)11-14(5)12(2)3/h9-10,12,14,16H,8,11H2,1-7H3. The van der Waals surface area contributed by atoms with E-state index in [1.54, 1.807) is 6.08 Å². The molecular weight excluding hydrogens is 236 g/mol. The number of ether oxygens (including phenoxy) is 1. The molecule has 0 saturated carbocycles. The van der Waals surface area contributed by atoms with E-state index in [0.29, 0.717) is 24.4 Å². The Morgan fingerprint density at radius 1 is 1.11 bits per heavy atom. The van der Waals surface area contributed by atoms with Gasteiger partial charge in [-0.3, -0.25) is 0 Å². The summed E-state index contributed by atoms with van der Waals surface area (Å²) in [6, 6.07) is 0. The molecule has 0 radical (unpaired) electrons. The summed E-state index contributed by atoms with van der Waals surface area (Å²) >= 11 is 0. The van der Waals surface area contributed by atoms with Crippen molar-refractivity contribution in [3.05, 3.63) is 23.3 Å². The molecule has 0 N–H and O–H groups in total. The quantitative estimate of drug-likeness (QED) is 0.377. The SMILES string of the molecule is CCOC(=O)C=C(C)C=C(C)C(C)CC(C)C(C)C. The molecule has 0 rings (SSSR count). The van der Waals surface area contributed by atoms with Gasteiger partial charge in [0.2, 0.25) is 0 Å². The molecule has 2 nitrogen and oxygen atoms in total. The van der Waals surface area contributed by atoms with E-state index in [1.165, 1.54) is 12.0 Å². The number of hydrogen-bond donors (Lipinski definition) is 0. The first-order valence-electron chi connectivity index (χ1n) is 7.31.